The lowest BCUT2D eigenvalue weighted by atomic mass is 9.95. The highest BCUT2D eigenvalue weighted by Gasteiger charge is 2.63. The van der Waals surface area contributed by atoms with Crippen LogP contribution >= 0.6 is 7.75 Å². The molecule has 0 spiro atoms. The van der Waals surface area contributed by atoms with Crippen molar-refractivity contribution in [3.8, 4) is 0 Å². The van der Waals surface area contributed by atoms with E-state index in [1.807, 2.05) is 10.1 Å². The second kappa shape index (κ2) is 8.90. The molecule has 1 saturated heterocycles. The van der Waals surface area contributed by atoms with Crippen LogP contribution in [-0.4, -0.2) is 66.9 Å². The van der Waals surface area contributed by atoms with E-state index in [0.717, 1.165) is 19.2 Å². The number of ether oxygens (including phenoxy) is 2. The first-order chi connectivity index (χ1) is 14.1. The predicted molar refractivity (Wildman–Crippen MR) is 102 cm³/mol. The fourth-order valence-corrected chi connectivity index (χ4v) is 3.87. The Labute approximate surface area is 175 Å². The molecule has 1 aromatic rings. The molecule has 0 radical (unpaired) electrons. The lowest BCUT2D eigenvalue weighted by Gasteiger charge is -2.28. The van der Waals surface area contributed by atoms with Gasteiger partial charge >= 0.3 is 19.4 Å². The van der Waals surface area contributed by atoms with E-state index in [-0.39, 0.29) is 0 Å². The van der Waals surface area contributed by atoms with Gasteiger partial charge in [0.15, 0.2) is 6.23 Å². The molecule has 13 nitrogen and oxygen atoms in total. The van der Waals surface area contributed by atoms with E-state index in [1.165, 1.54) is 6.92 Å². The summed E-state index contributed by atoms with van der Waals surface area (Å²) in [5.74, 6) is -4.09. The van der Waals surface area contributed by atoms with Crippen LogP contribution in [0.5, 0.6) is 0 Å². The van der Waals surface area contributed by atoms with Crippen LogP contribution in [0.15, 0.2) is 21.9 Å². The van der Waals surface area contributed by atoms with Crippen molar-refractivity contribution >= 4 is 13.7 Å². The van der Waals surface area contributed by atoms with Crippen molar-refractivity contribution < 1.29 is 42.9 Å². The van der Waals surface area contributed by atoms with E-state index in [0.29, 0.717) is 4.57 Å². The Kier molecular flexibility index (Phi) is 7.27. The van der Waals surface area contributed by atoms with Crippen LogP contribution < -0.4 is 16.3 Å². The molecule has 1 aliphatic rings. The summed E-state index contributed by atoms with van der Waals surface area (Å²) in [5.41, 5.74) is -4.21. The molecule has 0 amide bonds. The summed E-state index contributed by atoms with van der Waals surface area (Å²) in [6, 6.07) is -0.385. The summed E-state index contributed by atoms with van der Waals surface area (Å²) in [6.45, 7) is 3.96. The maximum Gasteiger partial charge on any atom is 0.403 e. The molecule has 0 bridgehead atoms. The van der Waals surface area contributed by atoms with Gasteiger partial charge in [0.2, 0.25) is 0 Å². The number of aromatic nitrogens is 2. The van der Waals surface area contributed by atoms with Gasteiger partial charge in [0.05, 0.1) is 6.10 Å². The molecule has 15 heteroatoms. The number of nitrogens with one attached hydrogen (secondary N) is 2. The van der Waals surface area contributed by atoms with Gasteiger partial charge in [-0.25, -0.2) is 18.8 Å². The number of esters is 1. The first kappa shape index (κ1) is 25.3. The van der Waals surface area contributed by atoms with E-state index in [2.05, 4.69) is 4.52 Å². The number of H-pyrrole nitrogens is 1. The van der Waals surface area contributed by atoms with Crippen LogP contribution in [0, 0.1) is 0 Å². The van der Waals surface area contributed by atoms with E-state index >= 15 is 4.39 Å². The highest BCUT2D eigenvalue weighted by molar-refractivity contribution is 7.50. The molecule has 0 saturated carbocycles. The van der Waals surface area contributed by atoms with Crippen LogP contribution in [0.25, 0.3) is 0 Å². The molecular formula is C16H25FN3O10P. The molecule has 5 N–H and O–H groups in total. The third-order valence-electron chi connectivity index (χ3n) is 4.37. The van der Waals surface area contributed by atoms with Gasteiger partial charge in [0.1, 0.15) is 24.4 Å². The van der Waals surface area contributed by atoms with Gasteiger partial charge < -0.3 is 24.6 Å². The van der Waals surface area contributed by atoms with Gasteiger partial charge in [-0.2, -0.15) is 0 Å². The largest absolute Gasteiger partial charge is 0.462 e. The van der Waals surface area contributed by atoms with Crippen LogP contribution in [0.1, 0.15) is 33.9 Å². The van der Waals surface area contributed by atoms with Gasteiger partial charge in [0, 0.05) is 12.3 Å². The predicted octanol–water partition coefficient (Wildman–Crippen LogP) is -1.11. The first-order valence-corrected chi connectivity index (χ1v) is 10.7. The van der Waals surface area contributed by atoms with E-state index in [1.54, 1.807) is 13.8 Å². The van der Waals surface area contributed by atoms with Crippen LogP contribution in [0.4, 0.5) is 4.39 Å². The molecule has 2 heterocycles. The number of alkyl halides is 1. The topological polar surface area (TPSA) is 189 Å². The second-order valence-electron chi connectivity index (χ2n) is 7.53. The van der Waals surface area contributed by atoms with Crippen LogP contribution in [0.3, 0.4) is 0 Å². The summed E-state index contributed by atoms with van der Waals surface area (Å²) < 4.78 is 42.5. The molecule has 0 aromatic carbocycles. The quantitative estimate of drug-likeness (QED) is 0.229. The minimum Gasteiger partial charge on any atom is -0.462 e. The Hall–Kier alpha value is -1.93. The molecule has 0 aliphatic carbocycles. The maximum absolute atomic E-state index is 15.3. The number of hydrogen-bond donors (Lipinski definition) is 5. The number of halogens is 1. The number of aliphatic hydroxyl groups excluding tert-OH is 1. The fourth-order valence-electron chi connectivity index (χ4n) is 2.85. The van der Waals surface area contributed by atoms with E-state index in [4.69, 9.17) is 9.47 Å². The highest BCUT2D eigenvalue weighted by atomic mass is 31.2. The number of rotatable bonds is 8. The smallest absolute Gasteiger partial charge is 0.403 e. The van der Waals surface area contributed by atoms with Crippen molar-refractivity contribution in [2.24, 2.45) is 0 Å². The SMILES string of the molecule is CC(C)OC(=O)[C@H](C)NP(=O)(O)OC[C@@]1(F)O[C@@H](n2ccc(=O)[nH]c2=O)[C@](C)(O)[C@@H]1O. The van der Waals surface area contributed by atoms with Crippen molar-refractivity contribution in [2.45, 2.75) is 63.6 Å². The van der Waals surface area contributed by atoms with Crippen molar-refractivity contribution in [3.05, 3.63) is 33.1 Å². The summed E-state index contributed by atoms with van der Waals surface area (Å²) in [6.07, 6.45) is -3.71. The molecule has 31 heavy (non-hydrogen) atoms. The Morgan fingerprint density at radius 2 is 2.06 bits per heavy atom. The van der Waals surface area contributed by atoms with E-state index in [9.17, 15) is 34.1 Å². The fraction of sp³-hybridized carbons (Fsp3) is 0.688. The molecule has 2 rings (SSSR count). The molecule has 1 fully saturated rings. The minimum absolute atomic E-state index is 0.484. The average molecular weight is 469 g/mol. The lowest BCUT2D eigenvalue weighted by molar-refractivity contribution is -0.204. The summed E-state index contributed by atoms with van der Waals surface area (Å²) in [5, 5.41) is 22.7. The number of aliphatic hydroxyl groups is 2. The van der Waals surface area contributed by atoms with Gasteiger partial charge in [-0.15, -0.1) is 0 Å². The minimum atomic E-state index is -4.80. The third kappa shape index (κ3) is 5.66. The number of hydrogen-bond acceptors (Lipinski definition) is 9. The molecule has 176 valence electrons. The van der Waals surface area contributed by atoms with Gasteiger partial charge in [-0.05, 0) is 27.7 Å². The second-order valence-corrected chi connectivity index (χ2v) is 9.09. The molecule has 6 atom stereocenters. The van der Waals surface area contributed by atoms with Crippen molar-refractivity contribution in [1.82, 2.24) is 14.6 Å². The Bertz CT molecular complexity index is 979. The van der Waals surface area contributed by atoms with Crippen LogP contribution in [0.2, 0.25) is 0 Å². The maximum atomic E-state index is 15.3. The average Bonchev–Trinajstić information content (AvgIpc) is 2.80. The zero-order valence-electron chi connectivity index (χ0n) is 17.1. The monoisotopic (exact) mass is 469 g/mol. The van der Waals surface area contributed by atoms with Gasteiger partial charge in [-0.1, -0.05) is 0 Å². The summed E-state index contributed by atoms with van der Waals surface area (Å²) in [4.78, 5) is 46.7. The van der Waals surface area contributed by atoms with Crippen molar-refractivity contribution in [2.75, 3.05) is 6.61 Å². The molecule has 1 aliphatic heterocycles. The number of carbonyl (C=O) groups excluding carboxylic acids is 1. The Balaban J connectivity index is 2.15. The van der Waals surface area contributed by atoms with Crippen molar-refractivity contribution in [3.63, 3.8) is 0 Å². The van der Waals surface area contributed by atoms with Crippen molar-refractivity contribution in [1.29, 1.82) is 0 Å². The van der Waals surface area contributed by atoms with E-state index < -0.39 is 67.5 Å². The number of carbonyl (C=O) groups is 1. The zero-order valence-corrected chi connectivity index (χ0v) is 18.0. The van der Waals surface area contributed by atoms with Gasteiger partial charge in [0.25, 0.3) is 11.4 Å². The number of nitrogens with zero attached hydrogens (tertiary/aromatic N) is 1. The van der Waals surface area contributed by atoms with Crippen LogP contribution in [-0.2, 0) is 23.4 Å². The number of aromatic amines is 1. The normalized spacial score (nSPS) is 31.4. The Morgan fingerprint density at radius 1 is 1.45 bits per heavy atom. The molecule has 1 aromatic heterocycles. The summed E-state index contributed by atoms with van der Waals surface area (Å²) in [7, 11) is -4.80. The lowest BCUT2D eigenvalue weighted by Crippen LogP contribution is -2.50. The first-order valence-electron chi connectivity index (χ1n) is 9.13. The standard InChI is InChI=1S/C16H25FN3O10P/c1-8(2)29-11(22)9(3)19-31(26,27)28-7-16(17)12(23)15(4,25)13(30-16)20-6-5-10(21)18-14(20)24/h5-6,8-9,12-13,23,25H,7H2,1-4H3,(H,18,21,24)(H2,19,26,27)/t9-,12-,13+,15+,16+/m0/s1. The molecular weight excluding hydrogens is 444 g/mol. The highest BCUT2D eigenvalue weighted by Crippen LogP contribution is 2.47. The Morgan fingerprint density at radius 3 is 2.61 bits per heavy atom. The van der Waals surface area contributed by atoms with Gasteiger partial charge in [-0.3, -0.25) is 23.7 Å². The zero-order chi connectivity index (χ0) is 23.8. The molecule has 1 unspecified atom stereocenters. The summed E-state index contributed by atoms with van der Waals surface area (Å²) >= 11 is 0. The third-order valence-corrected chi connectivity index (χ3v) is 5.56.